The van der Waals surface area contributed by atoms with Crippen LogP contribution in [0.5, 0.6) is 0 Å². The Kier molecular flexibility index (Phi) is 5.24. The Morgan fingerprint density at radius 2 is 1.88 bits per heavy atom. The minimum atomic E-state index is -1.01. The zero-order valence-corrected chi connectivity index (χ0v) is 14.9. The smallest absolute Gasteiger partial charge is 0.348 e. The molecule has 2 rings (SSSR count). The summed E-state index contributed by atoms with van der Waals surface area (Å²) in [5.41, 5.74) is 1.83. The van der Waals surface area contributed by atoms with Crippen molar-refractivity contribution in [3.05, 3.63) is 57.3 Å². The summed E-state index contributed by atoms with van der Waals surface area (Å²) in [4.78, 5) is 24.4. The van der Waals surface area contributed by atoms with E-state index in [1.807, 2.05) is 18.2 Å². The van der Waals surface area contributed by atoms with Gasteiger partial charge in [-0.15, -0.1) is 11.3 Å². The second-order valence-electron chi connectivity index (χ2n) is 6.39. The second kappa shape index (κ2) is 7.01. The van der Waals surface area contributed by atoms with Crippen LogP contribution in [0.15, 0.2) is 36.4 Å². The molecule has 0 fully saturated rings. The van der Waals surface area contributed by atoms with Crippen molar-refractivity contribution in [1.82, 2.24) is 0 Å². The van der Waals surface area contributed by atoms with Gasteiger partial charge in [-0.3, -0.25) is 0 Å². The molecule has 24 heavy (non-hydrogen) atoms. The van der Waals surface area contributed by atoms with E-state index < -0.39 is 11.9 Å². The normalized spacial score (nSPS) is 12.1. The highest BCUT2D eigenvalue weighted by Crippen LogP contribution is 2.28. The molecule has 0 saturated heterocycles. The lowest BCUT2D eigenvalue weighted by Crippen LogP contribution is -2.11. The number of carbonyl (C=O) groups is 2. The minimum Gasteiger partial charge on any atom is -0.478 e. The first-order chi connectivity index (χ1) is 11.2. The zero-order valence-electron chi connectivity index (χ0n) is 14.1. The highest BCUT2D eigenvalue weighted by Gasteiger charge is 2.17. The maximum Gasteiger partial charge on any atom is 0.348 e. The standard InChI is InChI=1S/C19H20O4S/c1-19(2,3)13-7-5-6-12(10-13)15(17(20)21)11-14-8-9-16(24-14)18(22)23-4/h5-11H,1-4H3,(H,20,21)/b15-11+. The Morgan fingerprint density at radius 1 is 1.17 bits per heavy atom. The fourth-order valence-corrected chi connectivity index (χ4v) is 3.07. The first-order valence-electron chi connectivity index (χ1n) is 7.46. The molecule has 0 aliphatic heterocycles. The molecule has 0 aliphatic carbocycles. The lowest BCUT2D eigenvalue weighted by Gasteiger charge is -2.19. The lowest BCUT2D eigenvalue weighted by atomic mass is 9.85. The van der Waals surface area contributed by atoms with Crippen LogP contribution in [0.25, 0.3) is 11.6 Å². The SMILES string of the molecule is COC(=O)c1ccc(/C=C(/C(=O)O)c2cccc(C(C)(C)C)c2)s1. The van der Waals surface area contributed by atoms with Gasteiger partial charge in [0.25, 0.3) is 0 Å². The molecule has 0 aliphatic rings. The first-order valence-corrected chi connectivity index (χ1v) is 8.28. The minimum absolute atomic E-state index is 0.0688. The van der Waals surface area contributed by atoms with E-state index in [4.69, 9.17) is 0 Å². The van der Waals surface area contributed by atoms with E-state index >= 15 is 0 Å². The van der Waals surface area contributed by atoms with Crippen molar-refractivity contribution in [3.8, 4) is 0 Å². The maximum atomic E-state index is 11.7. The molecule has 126 valence electrons. The fraction of sp³-hybridized carbons (Fsp3) is 0.263. The van der Waals surface area contributed by atoms with Crippen LogP contribution in [0.1, 0.15) is 46.4 Å². The van der Waals surface area contributed by atoms with Crippen LogP contribution in [0.2, 0.25) is 0 Å². The molecule has 1 heterocycles. The van der Waals surface area contributed by atoms with Crippen LogP contribution >= 0.6 is 11.3 Å². The van der Waals surface area contributed by atoms with Gasteiger partial charge >= 0.3 is 11.9 Å². The van der Waals surface area contributed by atoms with Gasteiger partial charge in [-0.1, -0.05) is 45.0 Å². The van der Waals surface area contributed by atoms with Gasteiger partial charge < -0.3 is 9.84 Å². The quantitative estimate of drug-likeness (QED) is 0.657. The van der Waals surface area contributed by atoms with E-state index in [-0.39, 0.29) is 11.0 Å². The number of ether oxygens (including phenoxy) is 1. The van der Waals surface area contributed by atoms with E-state index in [1.54, 1.807) is 24.3 Å². The Labute approximate surface area is 145 Å². The van der Waals surface area contributed by atoms with Crippen LogP contribution in [0, 0.1) is 0 Å². The van der Waals surface area contributed by atoms with Crippen molar-refractivity contribution in [3.63, 3.8) is 0 Å². The summed E-state index contributed by atoms with van der Waals surface area (Å²) >= 11 is 1.20. The monoisotopic (exact) mass is 344 g/mol. The summed E-state index contributed by atoms with van der Waals surface area (Å²) in [6.07, 6.45) is 1.58. The molecule has 1 aromatic carbocycles. The Morgan fingerprint density at radius 3 is 2.46 bits per heavy atom. The molecule has 0 spiro atoms. The van der Waals surface area contributed by atoms with Crippen molar-refractivity contribution in [2.75, 3.05) is 7.11 Å². The van der Waals surface area contributed by atoms with Gasteiger partial charge in [-0.2, -0.15) is 0 Å². The van der Waals surface area contributed by atoms with E-state index in [2.05, 4.69) is 25.5 Å². The van der Waals surface area contributed by atoms with Gasteiger partial charge in [0.15, 0.2) is 0 Å². The van der Waals surface area contributed by atoms with Crippen molar-refractivity contribution < 1.29 is 19.4 Å². The zero-order chi connectivity index (χ0) is 17.9. The van der Waals surface area contributed by atoms with Crippen molar-refractivity contribution in [1.29, 1.82) is 0 Å². The molecule has 1 N–H and O–H groups in total. The number of hydrogen-bond donors (Lipinski definition) is 1. The predicted octanol–water partition coefficient (Wildman–Crippen LogP) is 4.46. The molecule has 0 bridgehead atoms. The summed E-state index contributed by atoms with van der Waals surface area (Å²) in [6, 6.07) is 10.9. The molecule has 0 amide bonds. The van der Waals surface area contributed by atoms with E-state index in [1.165, 1.54) is 18.4 Å². The Bertz CT molecular complexity index is 794. The van der Waals surface area contributed by atoms with E-state index in [0.717, 1.165) is 5.56 Å². The van der Waals surface area contributed by atoms with Gasteiger partial charge in [0, 0.05) is 4.88 Å². The summed E-state index contributed by atoms with van der Waals surface area (Å²) < 4.78 is 4.67. The number of carboxylic acids is 1. The Balaban J connectivity index is 2.45. The molecule has 0 atom stereocenters. The summed E-state index contributed by atoms with van der Waals surface area (Å²) in [7, 11) is 1.32. The largest absolute Gasteiger partial charge is 0.478 e. The van der Waals surface area contributed by atoms with Crippen LogP contribution in [-0.2, 0) is 14.9 Å². The summed E-state index contributed by atoms with van der Waals surface area (Å²) in [5.74, 6) is -1.43. The van der Waals surface area contributed by atoms with Crippen molar-refractivity contribution in [2.45, 2.75) is 26.2 Å². The fourth-order valence-electron chi connectivity index (χ4n) is 2.20. The second-order valence-corrected chi connectivity index (χ2v) is 7.50. The van der Waals surface area contributed by atoms with Gasteiger partial charge in [0.1, 0.15) is 4.88 Å². The number of benzene rings is 1. The van der Waals surface area contributed by atoms with Crippen molar-refractivity contribution in [2.24, 2.45) is 0 Å². The number of rotatable bonds is 4. The van der Waals surface area contributed by atoms with Crippen LogP contribution in [0.3, 0.4) is 0 Å². The molecule has 0 unspecified atom stereocenters. The van der Waals surface area contributed by atoms with Crippen LogP contribution in [-0.4, -0.2) is 24.2 Å². The third-order valence-electron chi connectivity index (χ3n) is 3.57. The van der Waals surface area contributed by atoms with Crippen LogP contribution < -0.4 is 0 Å². The van der Waals surface area contributed by atoms with Gasteiger partial charge in [0.2, 0.25) is 0 Å². The predicted molar refractivity (Wildman–Crippen MR) is 96.3 cm³/mol. The van der Waals surface area contributed by atoms with Gasteiger partial charge in [-0.25, -0.2) is 9.59 Å². The number of carbonyl (C=O) groups excluding carboxylic acids is 1. The number of methoxy groups -OCH3 is 1. The summed E-state index contributed by atoms with van der Waals surface area (Å²) in [5, 5.41) is 9.59. The van der Waals surface area contributed by atoms with Gasteiger partial charge in [-0.05, 0) is 34.8 Å². The number of hydrogen-bond acceptors (Lipinski definition) is 4. The molecule has 0 saturated carbocycles. The number of carboxylic acid groups (broad SMARTS) is 1. The topological polar surface area (TPSA) is 63.6 Å². The van der Waals surface area contributed by atoms with E-state index in [9.17, 15) is 14.7 Å². The average molecular weight is 344 g/mol. The molecular weight excluding hydrogens is 324 g/mol. The molecular formula is C19H20O4S. The maximum absolute atomic E-state index is 11.7. The highest BCUT2D eigenvalue weighted by atomic mass is 32.1. The van der Waals surface area contributed by atoms with E-state index in [0.29, 0.717) is 15.3 Å². The first kappa shape index (κ1) is 17.9. The number of thiophene rings is 1. The Hall–Kier alpha value is -2.40. The third-order valence-corrected chi connectivity index (χ3v) is 4.58. The summed E-state index contributed by atoms with van der Waals surface area (Å²) in [6.45, 7) is 6.24. The lowest BCUT2D eigenvalue weighted by molar-refractivity contribution is -0.130. The third kappa shape index (κ3) is 4.11. The number of aliphatic carboxylic acids is 1. The number of esters is 1. The van der Waals surface area contributed by atoms with Crippen LogP contribution in [0.4, 0.5) is 0 Å². The van der Waals surface area contributed by atoms with Gasteiger partial charge in [0.05, 0.1) is 12.7 Å². The highest BCUT2D eigenvalue weighted by molar-refractivity contribution is 7.14. The molecule has 5 heteroatoms. The molecule has 4 nitrogen and oxygen atoms in total. The average Bonchev–Trinajstić information content (AvgIpc) is 2.99. The molecule has 1 aromatic heterocycles. The molecule has 2 aromatic rings. The molecule has 0 radical (unpaired) electrons. The van der Waals surface area contributed by atoms with Crippen molar-refractivity contribution >= 4 is 34.9 Å².